The monoisotopic (exact) mass is 402 g/mol. The number of nitrogens with zero attached hydrogens (tertiary/aromatic N) is 1. The molecule has 1 aliphatic carbocycles. The first-order chi connectivity index (χ1) is 14.6. The van der Waals surface area contributed by atoms with Gasteiger partial charge in [0, 0.05) is 30.7 Å². The fraction of sp³-hybridized carbons (Fsp3) is 0.308. The summed E-state index contributed by atoms with van der Waals surface area (Å²) in [6, 6.07) is 25.0. The van der Waals surface area contributed by atoms with Gasteiger partial charge in [0.15, 0.2) is 11.5 Å². The van der Waals surface area contributed by atoms with E-state index >= 15 is 0 Å². The van der Waals surface area contributed by atoms with Crippen molar-refractivity contribution in [2.24, 2.45) is 0 Å². The van der Waals surface area contributed by atoms with E-state index in [0.717, 1.165) is 31.5 Å². The molecule has 0 aromatic heterocycles. The number of fused-ring (bicyclic) bond motifs is 1. The van der Waals surface area contributed by atoms with Gasteiger partial charge in [-0.1, -0.05) is 66.7 Å². The highest BCUT2D eigenvalue weighted by molar-refractivity contribution is 5.45. The lowest BCUT2D eigenvalue weighted by atomic mass is 9.92. The van der Waals surface area contributed by atoms with Crippen LogP contribution in [0.3, 0.4) is 0 Å². The Hall–Kier alpha value is -2.82. The second-order valence-electron chi connectivity index (χ2n) is 8.26. The van der Waals surface area contributed by atoms with E-state index in [0.29, 0.717) is 12.3 Å². The van der Waals surface area contributed by atoms with Gasteiger partial charge in [-0.05, 0) is 42.6 Å². The van der Waals surface area contributed by atoms with E-state index in [1.807, 2.05) is 12.1 Å². The lowest BCUT2D eigenvalue weighted by molar-refractivity contribution is 0.117. The van der Waals surface area contributed by atoms with Gasteiger partial charge in [0.1, 0.15) is 0 Å². The summed E-state index contributed by atoms with van der Waals surface area (Å²) in [5, 5.41) is 14.0. The molecule has 0 radical (unpaired) electrons. The van der Waals surface area contributed by atoms with Gasteiger partial charge < -0.3 is 15.2 Å². The summed E-state index contributed by atoms with van der Waals surface area (Å²) in [6.07, 6.45) is 2.03. The van der Waals surface area contributed by atoms with Crippen molar-refractivity contribution in [1.82, 2.24) is 10.2 Å². The Balaban J connectivity index is 1.51. The summed E-state index contributed by atoms with van der Waals surface area (Å²) >= 11 is 0. The van der Waals surface area contributed by atoms with E-state index in [1.54, 1.807) is 13.2 Å². The maximum absolute atomic E-state index is 10.4. The number of rotatable bonds is 8. The Morgan fingerprint density at radius 3 is 2.27 bits per heavy atom. The highest BCUT2D eigenvalue weighted by Crippen LogP contribution is 2.35. The summed E-state index contributed by atoms with van der Waals surface area (Å²) in [7, 11) is 3.80. The van der Waals surface area contributed by atoms with Crippen LogP contribution in [0.15, 0.2) is 72.8 Å². The number of para-hydroxylation sites is 1. The largest absolute Gasteiger partial charge is 0.504 e. The van der Waals surface area contributed by atoms with E-state index in [4.69, 9.17) is 4.74 Å². The fourth-order valence-corrected chi connectivity index (χ4v) is 4.53. The molecule has 0 spiro atoms. The molecule has 0 amide bonds. The predicted molar refractivity (Wildman–Crippen MR) is 121 cm³/mol. The maximum atomic E-state index is 10.4. The number of hydrogen-bond donors (Lipinski definition) is 2. The number of phenols is 1. The van der Waals surface area contributed by atoms with Crippen molar-refractivity contribution in [3.63, 3.8) is 0 Å². The maximum Gasteiger partial charge on any atom is 0.162 e. The third kappa shape index (κ3) is 4.20. The smallest absolute Gasteiger partial charge is 0.162 e. The van der Waals surface area contributed by atoms with Gasteiger partial charge >= 0.3 is 0 Å². The highest BCUT2D eigenvalue weighted by atomic mass is 16.5. The molecule has 4 rings (SSSR count). The van der Waals surface area contributed by atoms with Gasteiger partial charge in [0.05, 0.1) is 7.11 Å². The van der Waals surface area contributed by atoms with Crippen LogP contribution in [-0.2, 0) is 25.9 Å². The standard InChI is InChI=1S/C26H30N2O2/c1-28(18-20-9-4-3-5-10-20)26(15-21-11-6-7-12-22(21)16-26)19-27-17-23-13-8-14-24(30-2)25(23)29/h3-14,27,29H,15-19H2,1-2H3. The number of nitrogens with one attached hydrogen (secondary N) is 1. The minimum atomic E-state index is -0.00594. The van der Waals surface area contributed by atoms with E-state index in [1.165, 1.54) is 16.7 Å². The molecule has 1 aliphatic rings. The fourth-order valence-electron chi connectivity index (χ4n) is 4.53. The number of methoxy groups -OCH3 is 1. The first kappa shape index (κ1) is 20.5. The Bertz CT molecular complexity index is 962. The lowest BCUT2D eigenvalue weighted by Gasteiger charge is -2.39. The van der Waals surface area contributed by atoms with Crippen molar-refractivity contribution < 1.29 is 9.84 Å². The van der Waals surface area contributed by atoms with Gasteiger partial charge in [-0.25, -0.2) is 0 Å². The summed E-state index contributed by atoms with van der Waals surface area (Å²) in [5.41, 5.74) is 5.03. The Morgan fingerprint density at radius 2 is 1.60 bits per heavy atom. The molecule has 0 atom stereocenters. The molecule has 0 fully saturated rings. The molecule has 30 heavy (non-hydrogen) atoms. The van der Waals surface area contributed by atoms with Crippen LogP contribution in [0.1, 0.15) is 22.3 Å². The van der Waals surface area contributed by atoms with Crippen molar-refractivity contribution >= 4 is 0 Å². The van der Waals surface area contributed by atoms with Gasteiger partial charge in [-0.15, -0.1) is 0 Å². The minimum Gasteiger partial charge on any atom is -0.504 e. The van der Waals surface area contributed by atoms with Gasteiger partial charge in [0.2, 0.25) is 0 Å². The van der Waals surface area contributed by atoms with Crippen LogP contribution in [0.4, 0.5) is 0 Å². The topological polar surface area (TPSA) is 44.7 Å². The first-order valence-corrected chi connectivity index (χ1v) is 10.5. The van der Waals surface area contributed by atoms with Gasteiger partial charge in [-0.2, -0.15) is 0 Å². The quantitative estimate of drug-likeness (QED) is 0.594. The number of aromatic hydroxyl groups is 1. The molecule has 0 unspecified atom stereocenters. The summed E-state index contributed by atoms with van der Waals surface area (Å²) in [6.45, 7) is 2.34. The highest BCUT2D eigenvalue weighted by Gasteiger charge is 2.40. The van der Waals surface area contributed by atoms with Crippen LogP contribution in [0.2, 0.25) is 0 Å². The Morgan fingerprint density at radius 1 is 0.933 bits per heavy atom. The normalized spacial score (nSPS) is 14.6. The van der Waals surface area contributed by atoms with Crippen molar-refractivity contribution in [2.75, 3.05) is 20.7 Å². The summed E-state index contributed by atoms with van der Waals surface area (Å²) in [4.78, 5) is 2.49. The van der Waals surface area contributed by atoms with Crippen LogP contribution in [-0.4, -0.2) is 36.2 Å². The van der Waals surface area contributed by atoms with Crippen molar-refractivity contribution in [3.8, 4) is 11.5 Å². The Kier molecular flexibility index (Phi) is 6.07. The predicted octanol–water partition coefficient (Wildman–Crippen LogP) is 4.16. The van der Waals surface area contributed by atoms with Crippen molar-refractivity contribution in [2.45, 2.75) is 31.5 Å². The van der Waals surface area contributed by atoms with Gasteiger partial charge in [0.25, 0.3) is 0 Å². The zero-order valence-electron chi connectivity index (χ0n) is 17.8. The molecule has 4 nitrogen and oxygen atoms in total. The Labute approximate surface area is 179 Å². The van der Waals surface area contributed by atoms with Crippen LogP contribution < -0.4 is 10.1 Å². The third-order valence-corrected chi connectivity index (χ3v) is 6.30. The number of phenolic OH excluding ortho intramolecular Hbond substituents is 1. The number of benzene rings is 3. The molecule has 3 aromatic carbocycles. The van der Waals surface area contributed by atoms with Crippen LogP contribution in [0.25, 0.3) is 0 Å². The molecule has 3 aromatic rings. The van der Waals surface area contributed by atoms with E-state index in [9.17, 15) is 5.11 Å². The lowest BCUT2D eigenvalue weighted by Crippen LogP contribution is -2.53. The molecular weight excluding hydrogens is 372 g/mol. The van der Waals surface area contributed by atoms with E-state index < -0.39 is 0 Å². The average Bonchev–Trinajstić information content (AvgIpc) is 3.15. The second kappa shape index (κ2) is 8.90. The molecule has 0 heterocycles. The van der Waals surface area contributed by atoms with E-state index in [2.05, 4.69) is 71.9 Å². The second-order valence-corrected chi connectivity index (χ2v) is 8.26. The summed E-state index contributed by atoms with van der Waals surface area (Å²) in [5.74, 6) is 0.729. The molecule has 4 heteroatoms. The number of hydrogen-bond acceptors (Lipinski definition) is 4. The summed E-state index contributed by atoms with van der Waals surface area (Å²) < 4.78 is 5.25. The first-order valence-electron chi connectivity index (χ1n) is 10.5. The van der Waals surface area contributed by atoms with Crippen LogP contribution in [0, 0.1) is 0 Å². The zero-order valence-corrected chi connectivity index (χ0v) is 17.8. The molecule has 0 saturated carbocycles. The molecular formula is C26H30N2O2. The van der Waals surface area contributed by atoms with Crippen molar-refractivity contribution in [3.05, 3.63) is 95.1 Å². The molecule has 156 valence electrons. The molecule has 0 bridgehead atoms. The van der Waals surface area contributed by atoms with Crippen LogP contribution in [0.5, 0.6) is 11.5 Å². The SMILES string of the molecule is COc1cccc(CNCC2(N(C)Cc3ccccc3)Cc3ccccc3C2)c1O. The third-order valence-electron chi connectivity index (χ3n) is 6.30. The number of ether oxygens (including phenoxy) is 1. The molecule has 0 saturated heterocycles. The van der Waals surface area contributed by atoms with Crippen molar-refractivity contribution in [1.29, 1.82) is 0 Å². The minimum absolute atomic E-state index is 0.00594. The number of likely N-dealkylation sites (N-methyl/N-ethyl adjacent to an activating group) is 1. The van der Waals surface area contributed by atoms with E-state index in [-0.39, 0.29) is 11.3 Å². The van der Waals surface area contributed by atoms with Gasteiger partial charge in [-0.3, -0.25) is 4.90 Å². The zero-order chi connectivity index (χ0) is 21.0. The molecule has 0 aliphatic heterocycles. The average molecular weight is 403 g/mol. The van der Waals surface area contributed by atoms with Crippen LogP contribution >= 0.6 is 0 Å². The molecule has 2 N–H and O–H groups in total.